The number of benzene rings is 1. The smallest absolute Gasteiger partial charge is 0.414 e. The molecule has 2 saturated heterocycles. The molecule has 1 saturated carbocycles. The molecule has 4 atom stereocenters. The van der Waals surface area contributed by atoms with E-state index in [0.717, 1.165) is 13.1 Å². The summed E-state index contributed by atoms with van der Waals surface area (Å²) in [7, 11) is 0. The van der Waals surface area contributed by atoms with Gasteiger partial charge in [-0.2, -0.15) is 0 Å². The number of rotatable bonds is 5. The van der Waals surface area contributed by atoms with E-state index in [4.69, 9.17) is 9.94 Å². The van der Waals surface area contributed by atoms with Gasteiger partial charge in [0.05, 0.1) is 24.5 Å². The number of hydrogen-bond donors (Lipinski definition) is 2. The number of fused-ring (bicyclic) bond motifs is 1. The molecule has 1 unspecified atom stereocenters. The summed E-state index contributed by atoms with van der Waals surface area (Å²) in [5, 5.41) is 14.3. The van der Waals surface area contributed by atoms with Crippen LogP contribution >= 0.6 is 0 Å². The van der Waals surface area contributed by atoms with Gasteiger partial charge in [-0.05, 0) is 30.0 Å². The zero-order valence-corrected chi connectivity index (χ0v) is 14.8. The molecule has 8 nitrogen and oxygen atoms in total. The van der Waals surface area contributed by atoms with Crippen LogP contribution < -0.4 is 15.1 Å². The summed E-state index contributed by atoms with van der Waals surface area (Å²) in [4.78, 5) is 26.4. The molecule has 27 heavy (non-hydrogen) atoms. The topological polar surface area (TPSA) is 94.5 Å². The number of piperidine rings is 1. The second kappa shape index (κ2) is 6.71. The molecule has 3 aliphatic rings. The molecule has 1 aromatic carbocycles. The van der Waals surface area contributed by atoms with Gasteiger partial charge in [0.15, 0.2) is 0 Å². The zero-order chi connectivity index (χ0) is 19.1. The summed E-state index contributed by atoms with van der Waals surface area (Å²) >= 11 is 0. The lowest BCUT2D eigenvalue weighted by Gasteiger charge is -2.23. The van der Waals surface area contributed by atoms with Crippen molar-refractivity contribution in [2.24, 2.45) is 22.9 Å². The summed E-state index contributed by atoms with van der Waals surface area (Å²) in [6.07, 6.45) is 0.550. The minimum atomic E-state index is -0.550. The number of hydrogen-bond acceptors (Lipinski definition) is 6. The number of oxime groups is 1. The molecule has 1 aromatic rings. The molecule has 2 amide bonds. The maximum Gasteiger partial charge on any atom is 0.414 e. The average molecular weight is 376 g/mol. The zero-order valence-electron chi connectivity index (χ0n) is 14.8. The van der Waals surface area contributed by atoms with Crippen molar-refractivity contribution in [3.05, 3.63) is 24.0 Å². The Morgan fingerprint density at radius 1 is 1.41 bits per heavy atom. The lowest BCUT2D eigenvalue weighted by molar-refractivity contribution is -0.119. The highest BCUT2D eigenvalue weighted by molar-refractivity contribution is 5.90. The largest absolute Gasteiger partial charge is 0.442 e. The van der Waals surface area contributed by atoms with Crippen LogP contribution in [0.3, 0.4) is 0 Å². The molecule has 9 heteroatoms. The third kappa shape index (κ3) is 3.29. The number of carbonyl (C=O) groups excluding carboxylic acids is 2. The number of ether oxygens (including phenoxy) is 1. The Morgan fingerprint density at radius 2 is 2.15 bits per heavy atom. The SMILES string of the molecule is CC(=O)NC[C@H]1CN(c2ccc(N3C[C@@H]4C(C=NO)[C@@H]4C3)c(F)c2)C(=O)O1. The highest BCUT2D eigenvalue weighted by atomic mass is 19.1. The number of amides is 2. The lowest BCUT2D eigenvalue weighted by Crippen LogP contribution is -2.33. The maximum atomic E-state index is 14.7. The lowest BCUT2D eigenvalue weighted by atomic mass is 10.2. The molecule has 0 spiro atoms. The fourth-order valence-electron chi connectivity index (χ4n) is 4.08. The van der Waals surface area contributed by atoms with E-state index < -0.39 is 12.2 Å². The molecule has 1 aliphatic carbocycles. The minimum absolute atomic E-state index is 0.198. The summed E-state index contributed by atoms with van der Waals surface area (Å²) in [6, 6.07) is 4.73. The Balaban J connectivity index is 1.41. The van der Waals surface area contributed by atoms with Gasteiger partial charge in [0.1, 0.15) is 11.9 Å². The Labute approximate surface area is 155 Å². The maximum absolute atomic E-state index is 14.7. The number of cyclic esters (lactones) is 1. The Bertz CT molecular complexity index is 790. The van der Waals surface area contributed by atoms with Gasteiger partial charge in [-0.25, -0.2) is 9.18 Å². The van der Waals surface area contributed by atoms with Crippen molar-refractivity contribution in [3.63, 3.8) is 0 Å². The third-order valence-electron chi connectivity index (χ3n) is 5.54. The van der Waals surface area contributed by atoms with Gasteiger partial charge in [-0.15, -0.1) is 5.16 Å². The van der Waals surface area contributed by atoms with E-state index in [0.29, 0.717) is 23.2 Å². The van der Waals surface area contributed by atoms with Crippen LogP contribution in [0.2, 0.25) is 0 Å². The average Bonchev–Trinajstić information content (AvgIpc) is 2.98. The van der Waals surface area contributed by atoms with Crippen LogP contribution in [0.5, 0.6) is 0 Å². The van der Waals surface area contributed by atoms with Crippen LogP contribution in [0.15, 0.2) is 23.4 Å². The Morgan fingerprint density at radius 3 is 2.78 bits per heavy atom. The second-order valence-electron chi connectivity index (χ2n) is 7.26. The summed E-state index contributed by atoms with van der Waals surface area (Å²) in [6.45, 7) is 3.33. The van der Waals surface area contributed by atoms with E-state index in [2.05, 4.69) is 10.5 Å². The molecule has 0 radical (unpaired) electrons. The van der Waals surface area contributed by atoms with Gasteiger partial charge < -0.3 is 20.2 Å². The van der Waals surface area contributed by atoms with Crippen LogP contribution in [0.1, 0.15) is 6.92 Å². The molecule has 144 valence electrons. The van der Waals surface area contributed by atoms with Gasteiger partial charge in [0.2, 0.25) is 5.91 Å². The van der Waals surface area contributed by atoms with Gasteiger partial charge in [0.25, 0.3) is 0 Å². The van der Waals surface area contributed by atoms with E-state index >= 15 is 0 Å². The molecular weight excluding hydrogens is 355 g/mol. The first-order valence-electron chi connectivity index (χ1n) is 8.92. The van der Waals surface area contributed by atoms with Crippen LogP contribution in [0.4, 0.5) is 20.6 Å². The van der Waals surface area contributed by atoms with Crippen molar-refractivity contribution in [1.29, 1.82) is 0 Å². The standard InChI is InChI=1S/C18H21FN4O4/c1-10(24)20-5-12-7-23(18(25)27-12)11-2-3-17(16(19)4-11)22-8-14-13(6-21-26)15(14)9-22/h2-4,6,12-15,26H,5,7-9H2,1H3,(H,20,24)/t12-,13?,14-,15+/m0/s1. The Hall–Kier alpha value is -2.84. The van der Waals surface area contributed by atoms with Crippen molar-refractivity contribution < 1.29 is 23.9 Å². The van der Waals surface area contributed by atoms with Crippen molar-refractivity contribution in [2.75, 3.05) is 36.0 Å². The molecule has 2 N–H and O–H groups in total. The first kappa shape index (κ1) is 17.6. The predicted molar refractivity (Wildman–Crippen MR) is 95.7 cm³/mol. The van der Waals surface area contributed by atoms with Crippen LogP contribution in [0.25, 0.3) is 0 Å². The van der Waals surface area contributed by atoms with Crippen molar-refractivity contribution in [1.82, 2.24) is 5.32 Å². The third-order valence-corrected chi connectivity index (χ3v) is 5.54. The Kier molecular flexibility index (Phi) is 4.37. The monoisotopic (exact) mass is 376 g/mol. The molecule has 3 fully saturated rings. The summed E-state index contributed by atoms with van der Waals surface area (Å²) in [5.41, 5.74) is 0.939. The minimum Gasteiger partial charge on any atom is -0.442 e. The van der Waals surface area contributed by atoms with Crippen molar-refractivity contribution in [3.8, 4) is 0 Å². The number of halogens is 1. The van der Waals surface area contributed by atoms with Crippen LogP contribution in [0, 0.1) is 23.6 Å². The molecule has 4 rings (SSSR count). The van der Waals surface area contributed by atoms with Gasteiger partial charge in [0, 0.05) is 32.1 Å². The molecule has 2 heterocycles. The number of nitrogens with zero attached hydrogens (tertiary/aromatic N) is 3. The predicted octanol–water partition coefficient (Wildman–Crippen LogP) is 1.43. The van der Waals surface area contributed by atoms with Gasteiger partial charge >= 0.3 is 6.09 Å². The normalized spacial score (nSPS) is 29.2. The highest BCUT2D eigenvalue weighted by Crippen LogP contribution is 2.51. The fraction of sp³-hybridized carbons (Fsp3) is 0.500. The number of anilines is 2. The highest BCUT2D eigenvalue weighted by Gasteiger charge is 2.55. The van der Waals surface area contributed by atoms with Crippen molar-refractivity contribution >= 4 is 29.6 Å². The molecule has 2 aliphatic heterocycles. The van der Waals surface area contributed by atoms with Crippen LogP contribution in [-0.4, -0.2) is 55.7 Å². The van der Waals surface area contributed by atoms with Crippen molar-refractivity contribution in [2.45, 2.75) is 13.0 Å². The second-order valence-corrected chi connectivity index (χ2v) is 7.26. The van der Waals surface area contributed by atoms with E-state index in [-0.39, 0.29) is 30.7 Å². The molecule has 0 aromatic heterocycles. The molecule has 0 bridgehead atoms. The van der Waals surface area contributed by atoms with E-state index in [1.165, 1.54) is 17.9 Å². The van der Waals surface area contributed by atoms with Gasteiger partial charge in [-0.3, -0.25) is 9.69 Å². The van der Waals surface area contributed by atoms with Crippen LogP contribution in [-0.2, 0) is 9.53 Å². The number of carbonyl (C=O) groups is 2. The fourth-order valence-corrected chi connectivity index (χ4v) is 4.08. The number of nitrogens with one attached hydrogen (secondary N) is 1. The van der Waals surface area contributed by atoms with E-state index in [9.17, 15) is 14.0 Å². The first-order chi connectivity index (χ1) is 13.0. The van der Waals surface area contributed by atoms with E-state index in [1.54, 1.807) is 18.3 Å². The summed E-state index contributed by atoms with van der Waals surface area (Å²) in [5.74, 6) is 0.509. The van der Waals surface area contributed by atoms with E-state index in [1.807, 2.05) is 4.90 Å². The van der Waals surface area contributed by atoms with Gasteiger partial charge in [-0.1, -0.05) is 0 Å². The first-order valence-corrected chi connectivity index (χ1v) is 8.92. The summed E-state index contributed by atoms with van der Waals surface area (Å²) < 4.78 is 19.9. The quantitative estimate of drug-likeness (QED) is 0.461. The molecular formula is C18H21FN4O4.